The number of anilines is 1. The molecule has 8 nitrogen and oxygen atoms in total. The van der Waals surface area contributed by atoms with E-state index in [0.717, 1.165) is 16.9 Å². The summed E-state index contributed by atoms with van der Waals surface area (Å²) in [5.41, 5.74) is 2.86. The summed E-state index contributed by atoms with van der Waals surface area (Å²) in [5, 5.41) is 2.91. The lowest BCUT2D eigenvalue weighted by molar-refractivity contribution is -0.138. The fourth-order valence-electron chi connectivity index (χ4n) is 4.00. The van der Waals surface area contributed by atoms with Gasteiger partial charge in [0.2, 0.25) is 6.79 Å². The van der Waals surface area contributed by atoms with Gasteiger partial charge in [0.05, 0.1) is 7.11 Å². The second-order valence-corrected chi connectivity index (χ2v) is 8.15. The van der Waals surface area contributed by atoms with E-state index in [-0.39, 0.29) is 18.6 Å². The third-order valence-corrected chi connectivity index (χ3v) is 5.81. The lowest BCUT2D eigenvalue weighted by Gasteiger charge is -2.22. The van der Waals surface area contributed by atoms with E-state index >= 15 is 0 Å². The predicted molar refractivity (Wildman–Crippen MR) is 124 cm³/mol. The van der Waals surface area contributed by atoms with E-state index in [2.05, 4.69) is 5.32 Å². The van der Waals surface area contributed by atoms with Gasteiger partial charge in [-0.15, -0.1) is 0 Å². The second kappa shape index (κ2) is 8.97. The Labute approximate surface area is 197 Å². The number of amides is 2. The molecule has 0 spiro atoms. The van der Waals surface area contributed by atoms with Crippen LogP contribution >= 0.6 is 0 Å². The van der Waals surface area contributed by atoms with Crippen molar-refractivity contribution in [1.29, 1.82) is 0 Å². The van der Waals surface area contributed by atoms with Crippen molar-refractivity contribution < 1.29 is 28.5 Å². The molecule has 0 saturated carbocycles. The van der Waals surface area contributed by atoms with E-state index in [9.17, 15) is 9.59 Å². The van der Waals surface area contributed by atoms with Crippen molar-refractivity contribution in [3.8, 4) is 23.0 Å². The molecule has 0 aliphatic carbocycles. The second-order valence-electron chi connectivity index (χ2n) is 8.15. The van der Waals surface area contributed by atoms with Crippen LogP contribution in [-0.2, 0) is 17.9 Å². The minimum Gasteiger partial charge on any atom is -0.497 e. The largest absolute Gasteiger partial charge is 0.497 e. The van der Waals surface area contributed by atoms with Gasteiger partial charge in [0.15, 0.2) is 17.6 Å². The number of carbonyl (C=O) groups is 2. The van der Waals surface area contributed by atoms with Crippen LogP contribution in [0.15, 0.2) is 60.7 Å². The molecule has 34 heavy (non-hydrogen) atoms. The average Bonchev–Trinajstić information content (AvgIpc) is 3.29. The number of fused-ring (bicyclic) bond motifs is 2. The Balaban J connectivity index is 1.35. The molecule has 0 fully saturated rings. The van der Waals surface area contributed by atoms with E-state index in [0.29, 0.717) is 41.6 Å². The molecule has 2 heterocycles. The fraction of sp³-hybridized carbons (Fsp3) is 0.231. The topological polar surface area (TPSA) is 86.3 Å². The summed E-state index contributed by atoms with van der Waals surface area (Å²) >= 11 is 0. The molecule has 1 atom stereocenters. The summed E-state index contributed by atoms with van der Waals surface area (Å²) in [7, 11) is 1.62. The van der Waals surface area contributed by atoms with Gasteiger partial charge in [-0.3, -0.25) is 9.59 Å². The minimum atomic E-state index is -0.617. The monoisotopic (exact) mass is 460 g/mol. The predicted octanol–water partition coefficient (Wildman–Crippen LogP) is 3.99. The number of benzene rings is 3. The molecule has 5 rings (SSSR count). The van der Waals surface area contributed by atoms with Crippen LogP contribution in [0.2, 0.25) is 0 Å². The maximum Gasteiger partial charge on any atom is 0.263 e. The van der Waals surface area contributed by atoms with Crippen molar-refractivity contribution >= 4 is 17.5 Å². The first-order valence-corrected chi connectivity index (χ1v) is 10.9. The molecule has 0 bridgehead atoms. The summed E-state index contributed by atoms with van der Waals surface area (Å²) < 4.78 is 21.8. The van der Waals surface area contributed by atoms with Gasteiger partial charge in [-0.05, 0) is 61.0 Å². The zero-order chi connectivity index (χ0) is 23.7. The summed E-state index contributed by atoms with van der Waals surface area (Å²) in [6.07, 6.45) is -0.617. The number of rotatable bonds is 5. The number of hydrogen-bond acceptors (Lipinski definition) is 6. The van der Waals surface area contributed by atoms with Gasteiger partial charge in [0, 0.05) is 29.9 Å². The van der Waals surface area contributed by atoms with E-state index in [4.69, 9.17) is 18.9 Å². The van der Waals surface area contributed by atoms with Crippen molar-refractivity contribution in [1.82, 2.24) is 4.90 Å². The molecule has 0 saturated heterocycles. The molecule has 3 aromatic rings. The Hall–Kier alpha value is -4.20. The highest BCUT2D eigenvalue weighted by Crippen LogP contribution is 2.33. The molecule has 0 aromatic heterocycles. The Morgan fingerprint density at radius 3 is 2.59 bits per heavy atom. The zero-order valence-corrected chi connectivity index (χ0v) is 18.9. The van der Waals surface area contributed by atoms with Gasteiger partial charge >= 0.3 is 0 Å². The molecule has 2 aliphatic rings. The molecule has 3 aromatic carbocycles. The SMILES string of the molecule is COc1ccc(CN2Cc3cc(NC(=O)c4ccc5c(c4)OCO5)ccc3OC(C)C2=O)cc1. The molecular formula is C26H24N2O6. The van der Waals surface area contributed by atoms with E-state index in [1.165, 1.54) is 0 Å². The molecule has 2 amide bonds. The molecule has 1 N–H and O–H groups in total. The standard InChI is InChI=1S/C26H24N2O6/c1-16-26(30)28(13-17-3-7-21(31-2)8-4-17)14-19-11-20(6-10-22(19)34-16)27-25(29)18-5-9-23-24(12-18)33-15-32-23/h3-12,16H,13-15H2,1-2H3,(H,27,29). The van der Waals surface area contributed by atoms with Crippen molar-refractivity contribution in [3.63, 3.8) is 0 Å². The molecule has 8 heteroatoms. The third kappa shape index (κ3) is 4.34. The number of carbonyl (C=O) groups excluding carboxylic acids is 2. The van der Waals surface area contributed by atoms with Crippen molar-refractivity contribution in [3.05, 3.63) is 77.4 Å². The van der Waals surface area contributed by atoms with Crippen LogP contribution in [0.4, 0.5) is 5.69 Å². The molecule has 1 unspecified atom stereocenters. The number of nitrogens with one attached hydrogen (secondary N) is 1. The normalized spacial score (nSPS) is 16.4. The van der Waals surface area contributed by atoms with E-state index < -0.39 is 6.10 Å². The Bertz CT molecular complexity index is 1240. The van der Waals surface area contributed by atoms with Gasteiger partial charge in [-0.1, -0.05) is 12.1 Å². The van der Waals surface area contributed by atoms with Crippen molar-refractivity contribution in [2.45, 2.75) is 26.1 Å². The van der Waals surface area contributed by atoms with Crippen LogP contribution in [0.3, 0.4) is 0 Å². The highest BCUT2D eigenvalue weighted by molar-refractivity contribution is 6.04. The number of hydrogen-bond donors (Lipinski definition) is 1. The Morgan fingerprint density at radius 1 is 1.03 bits per heavy atom. The van der Waals surface area contributed by atoms with E-state index in [1.807, 2.05) is 30.3 Å². The first-order valence-electron chi connectivity index (χ1n) is 10.9. The number of ether oxygens (including phenoxy) is 4. The molecule has 2 aliphatic heterocycles. The summed E-state index contributed by atoms with van der Waals surface area (Å²) in [6, 6.07) is 18.1. The highest BCUT2D eigenvalue weighted by atomic mass is 16.7. The minimum absolute atomic E-state index is 0.0991. The van der Waals surface area contributed by atoms with Crippen LogP contribution in [-0.4, -0.2) is 36.7 Å². The zero-order valence-electron chi connectivity index (χ0n) is 18.9. The first kappa shape index (κ1) is 21.6. The smallest absolute Gasteiger partial charge is 0.263 e. The maximum absolute atomic E-state index is 13.0. The van der Waals surface area contributed by atoms with Gasteiger partial charge in [-0.25, -0.2) is 0 Å². The maximum atomic E-state index is 13.0. The lowest BCUT2D eigenvalue weighted by Crippen LogP contribution is -2.37. The Morgan fingerprint density at radius 2 is 1.79 bits per heavy atom. The summed E-state index contributed by atoms with van der Waals surface area (Å²) in [5.74, 6) is 2.18. The average molecular weight is 460 g/mol. The Kier molecular flexibility index (Phi) is 5.71. The van der Waals surface area contributed by atoms with Gasteiger partial charge in [0.1, 0.15) is 11.5 Å². The van der Waals surface area contributed by atoms with Crippen molar-refractivity contribution in [2.75, 3.05) is 19.2 Å². The third-order valence-electron chi connectivity index (χ3n) is 5.81. The van der Waals surface area contributed by atoms with Crippen LogP contribution in [0, 0.1) is 0 Å². The molecule has 174 valence electrons. The van der Waals surface area contributed by atoms with Gasteiger partial charge in [0.25, 0.3) is 11.8 Å². The van der Waals surface area contributed by atoms with E-state index in [1.54, 1.807) is 49.3 Å². The van der Waals surface area contributed by atoms with Crippen LogP contribution < -0.4 is 24.3 Å². The number of methoxy groups -OCH3 is 1. The van der Waals surface area contributed by atoms with Crippen LogP contribution in [0.5, 0.6) is 23.0 Å². The lowest BCUT2D eigenvalue weighted by atomic mass is 10.1. The van der Waals surface area contributed by atoms with Crippen LogP contribution in [0.1, 0.15) is 28.4 Å². The number of nitrogens with zero attached hydrogens (tertiary/aromatic N) is 1. The van der Waals surface area contributed by atoms with Gasteiger partial charge in [-0.2, -0.15) is 0 Å². The van der Waals surface area contributed by atoms with Gasteiger partial charge < -0.3 is 29.2 Å². The van der Waals surface area contributed by atoms with Crippen LogP contribution in [0.25, 0.3) is 0 Å². The molecular weight excluding hydrogens is 436 g/mol. The van der Waals surface area contributed by atoms with Crippen molar-refractivity contribution in [2.24, 2.45) is 0 Å². The summed E-state index contributed by atoms with van der Waals surface area (Å²) in [4.78, 5) is 27.5. The first-order chi connectivity index (χ1) is 16.5. The molecule has 0 radical (unpaired) electrons. The highest BCUT2D eigenvalue weighted by Gasteiger charge is 2.28. The summed E-state index contributed by atoms with van der Waals surface area (Å²) in [6.45, 7) is 2.69. The quantitative estimate of drug-likeness (QED) is 0.620. The fourth-order valence-corrected chi connectivity index (χ4v) is 4.00.